The largest absolute Gasteiger partial charge is 0.444 e. The SMILES string of the molecule is Cn1cc2c(N3CCC(N(C(=O)OC(C)(C)C)C4CC4)CC3)ccc(C(N)=O)c2n1. The number of nitrogens with zero attached hydrogens (tertiary/aromatic N) is 4. The summed E-state index contributed by atoms with van der Waals surface area (Å²) >= 11 is 0. The molecular weight excluding hydrogens is 382 g/mol. The van der Waals surface area contributed by atoms with Gasteiger partial charge in [0.2, 0.25) is 0 Å². The first kappa shape index (κ1) is 20.5. The van der Waals surface area contributed by atoms with E-state index in [1.807, 2.05) is 45.0 Å². The summed E-state index contributed by atoms with van der Waals surface area (Å²) < 4.78 is 7.39. The molecule has 30 heavy (non-hydrogen) atoms. The summed E-state index contributed by atoms with van der Waals surface area (Å²) in [4.78, 5) is 28.9. The molecule has 2 aliphatic rings. The number of benzene rings is 1. The van der Waals surface area contributed by atoms with Crippen molar-refractivity contribution in [3.8, 4) is 0 Å². The Balaban J connectivity index is 1.51. The first-order chi connectivity index (χ1) is 14.1. The van der Waals surface area contributed by atoms with Gasteiger partial charge in [-0.15, -0.1) is 0 Å². The quantitative estimate of drug-likeness (QED) is 0.831. The molecule has 2 heterocycles. The van der Waals surface area contributed by atoms with Crippen LogP contribution in [0.5, 0.6) is 0 Å². The van der Waals surface area contributed by atoms with Gasteiger partial charge in [-0.2, -0.15) is 5.10 Å². The van der Waals surface area contributed by atoms with Gasteiger partial charge >= 0.3 is 6.09 Å². The van der Waals surface area contributed by atoms with Crippen molar-refractivity contribution in [3.05, 3.63) is 23.9 Å². The highest BCUT2D eigenvalue weighted by molar-refractivity contribution is 6.08. The van der Waals surface area contributed by atoms with Crippen LogP contribution in [0.25, 0.3) is 10.9 Å². The van der Waals surface area contributed by atoms with Crippen LogP contribution in [0.4, 0.5) is 10.5 Å². The Hall–Kier alpha value is -2.77. The van der Waals surface area contributed by atoms with Crippen molar-refractivity contribution in [2.75, 3.05) is 18.0 Å². The average Bonchev–Trinajstić information content (AvgIpc) is 3.39. The van der Waals surface area contributed by atoms with E-state index in [1.165, 1.54) is 0 Å². The van der Waals surface area contributed by atoms with Crippen molar-refractivity contribution in [1.29, 1.82) is 0 Å². The van der Waals surface area contributed by atoms with Gasteiger partial charge in [-0.3, -0.25) is 9.48 Å². The number of fused-ring (bicyclic) bond motifs is 1. The first-order valence-electron chi connectivity index (χ1n) is 10.7. The topological polar surface area (TPSA) is 93.7 Å². The van der Waals surface area contributed by atoms with E-state index in [1.54, 1.807) is 10.7 Å². The van der Waals surface area contributed by atoms with Gasteiger partial charge in [0.25, 0.3) is 5.91 Å². The van der Waals surface area contributed by atoms with Crippen molar-refractivity contribution < 1.29 is 14.3 Å². The van der Waals surface area contributed by atoms with Gasteiger partial charge in [0, 0.05) is 49.5 Å². The van der Waals surface area contributed by atoms with E-state index in [0.717, 1.165) is 49.8 Å². The Morgan fingerprint density at radius 2 is 1.77 bits per heavy atom. The normalized spacial score (nSPS) is 17.9. The lowest BCUT2D eigenvalue weighted by atomic mass is 10.0. The van der Waals surface area contributed by atoms with Gasteiger partial charge < -0.3 is 20.3 Å². The van der Waals surface area contributed by atoms with Crippen molar-refractivity contribution in [3.63, 3.8) is 0 Å². The number of hydrogen-bond acceptors (Lipinski definition) is 5. The number of primary amides is 1. The molecule has 8 nitrogen and oxygen atoms in total. The molecule has 1 saturated heterocycles. The third-order valence-corrected chi connectivity index (χ3v) is 5.78. The zero-order chi connectivity index (χ0) is 21.6. The Labute approximate surface area is 176 Å². The molecule has 1 aliphatic carbocycles. The van der Waals surface area contributed by atoms with Gasteiger partial charge in [-0.25, -0.2) is 4.79 Å². The molecule has 1 aromatic carbocycles. The van der Waals surface area contributed by atoms with Crippen molar-refractivity contribution >= 4 is 28.6 Å². The molecule has 162 valence electrons. The molecule has 8 heteroatoms. The zero-order valence-corrected chi connectivity index (χ0v) is 18.2. The van der Waals surface area contributed by atoms with Crippen LogP contribution in [-0.4, -0.2) is 57.5 Å². The third-order valence-electron chi connectivity index (χ3n) is 5.78. The molecule has 2 N–H and O–H groups in total. The fourth-order valence-electron chi connectivity index (χ4n) is 4.33. The average molecular weight is 414 g/mol. The Morgan fingerprint density at radius 1 is 1.13 bits per heavy atom. The molecule has 0 spiro atoms. The number of piperidine rings is 1. The minimum absolute atomic E-state index is 0.191. The highest BCUT2D eigenvalue weighted by Gasteiger charge is 2.40. The highest BCUT2D eigenvalue weighted by Crippen LogP contribution is 2.35. The number of rotatable bonds is 4. The van der Waals surface area contributed by atoms with E-state index in [0.29, 0.717) is 17.1 Å². The van der Waals surface area contributed by atoms with Crippen LogP contribution in [-0.2, 0) is 11.8 Å². The number of nitrogens with two attached hydrogens (primary N) is 1. The van der Waals surface area contributed by atoms with Crippen LogP contribution in [0.3, 0.4) is 0 Å². The molecule has 1 saturated carbocycles. The molecule has 1 aromatic heterocycles. The van der Waals surface area contributed by atoms with Crippen LogP contribution in [0.15, 0.2) is 18.3 Å². The summed E-state index contributed by atoms with van der Waals surface area (Å²) in [6.45, 7) is 7.39. The maximum absolute atomic E-state index is 12.8. The van der Waals surface area contributed by atoms with Crippen molar-refractivity contribution in [1.82, 2.24) is 14.7 Å². The first-order valence-corrected chi connectivity index (χ1v) is 10.7. The third kappa shape index (κ3) is 4.08. The maximum Gasteiger partial charge on any atom is 0.410 e. The molecule has 2 aromatic rings. The number of aromatic nitrogens is 2. The molecule has 1 aliphatic heterocycles. The molecule has 2 fully saturated rings. The number of carbonyl (C=O) groups excluding carboxylic acids is 2. The predicted molar refractivity (Wildman–Crippen MR) is 116 cm³/mol. The summed E-state index contributed by atoms with van der Waals surface area (Å²) in [7, 11) is 1.84. The molecule has 4 rings (SSSR count). The summed E-state index contributed by atoms with van der Waals surface area (Å²) in [6, 6.07) is 4.22. The van der Waals surface area contributed by atoms with E-state index >= 15 is 0 Å². The standard InChI is InChI=1S/C22H31N5O3/c1-22(2,3)30-21(29)27(14-5-6-14)15-9-11-26(12-10-15)18-8-7-16(20(23)28)19-17(18)13-25(4)24-19/h7-8,13-15H,5-6,9-12H2,1-4H3,(H2,23,28). The van der Waals surface area contributed by atoms with Crippen LogP contribution < -0.4 is 10.6 Å². The molecule has 0 unspecified atom stereocenters. The number of aryl methyl sites for hydroxylation is 1. The van der Waals surface area contributed by atoms with Gasteiger partial charge in [0.05, 0.1) is 5.56 Å². The lowest BCUT2D eigenvalue weighted by Gasteiger charge is -2.40. The minimum atomic E-state index is -0.487. The lowest BCUT2D eigenvalue weighted by molar-refractivity contribution is 0.0114. The number of ether oxygens (including phenoxy) is 1. The van der Waals surface area contributed by atoms with Crippen LogP contribution >= 0.6 is 0 Å². The molecule has 2 amide bonds. The highest BCUT2D eigenvalue weighted by atomic mass is 16.6. The fraction of sp³-hybridized carbons (Fsp3) is 0.591. The van der Waals surface area contributed by atoms with Crippen LogP contribution in [0.2, 0.25) is 0 Å². The Bertz CT molecular complexity index is 965. The van der Waals surface area contributed by atoms with E-state index in [4.69, 9.17) is 10.5 Å². The maximum atomic E-state index is 12.8. The zero-order valence-electron chi connectivity index (χ0n) is 18.2. The Morgan fingerprint density at radius 3 is 2.33 bits per heavy atom. The number of hydrogen-bond donors (Lipinski definition) is 1. The van der Waals surface area contributed by atoms with E-state index in [9.17, 15) is 9.59 Å². The number of anilines is 1. The van der Waals surface area contributed by atoms with Crippen LogP contribution in [0, 0.1) is 0 Å². The van der Waals surface area contributed by atoms with Gasteiger partial charge in [-0.05, 0) is 58.6 Å². The van der Waals surface area contributed by atoms with Gasteiger partial charge in [0.15, 0.2) is 0 Å². The number of carbonyl (C=O) groups is 2. The van der Waals surface area contributed by atoms with Gasteiger partial charge in [0.1, 0.15) is 11.1 Å². The van der Waals surface area contributed by atoms with E-state index in [2.05, 4.69) is 10.00 Å². The summed E-state index contributed by atoms with van der Waals surface area (Å²) in [5, 5.41) is 5.37. The lowest BCUT2D eigenvalue weighted by Crippen LogP contribution is -2.50. The smallest absolute Gasteiger partial charge is 0.410 e. The molecular formula is C22H31N5O3. The van der Waals surface area contributed by atoms with Crippen LogP contribution in [0.1, 0.15) is 56.8 Å². The molecule has 0 atom stereocenters. The second-order valence-corrected chi connectivity index (χ2v) is 9.40. The van der Waals surface area contributed by atoms with Crippen molar-refractivity contribution in [2.45, 2.75) is 64.1 Å². The monoisotopic (exact) mass is 413 g/mol. The van der Waals surface area contributed by atoms with E-state index < -0.39 is 11.5 Å². The molecule has 0 bridgehead atoms. The second kappa shape index (κ2) is 7.49. The summed E-state index contributed by atoms with van der Waals surface area (Å²) in [5.74, 6) is -0.471. The number of amides is 2. The minimum Gasteiger partial charge on any atom is -0.444 e. The van der Waals surface area contributed by atoms with Crippen molar-refractivity contribution in [2.24, 2.45) is 12.8 Å². The van der Waals surface area contributed by atoms with Gasteiger partial charge in [-0.1, -0.05) is 0 Å². The van der Waals surface area contributed by atoms with E-state index in [-0.39, 0.29) is 12.1 Å². The summed E-state index contributed by atoms with van der Waals surface area (Å²) in [5.41, 5.74) is 7.17. The fourth-order valence-corrected chi connectivity index (χ4v) is 4.33. The summed E-state index contributed by atoms with van der Waals surface area (Å²) in [6.07, 6.45) is 5.63. The predicted octanol–water partition coefficient (Wildman–Crippen LogP) is 3.04. The molecule has 0 radical (unpaired) electrons. The second-order valence-electron chi connectivity index (χ2n) is 9.40. The Kier molecular flexibility index (Phi) is 5.11.